The second-order valence-corrected chi connectivity index (χ2v) is 2.96. The highest BCUT2D eigenvalue weighted by molar-refractivity contribution is 4.93. The fourth-order valence-corrected chi connectivity index (χ4v) is 1.20. The molecular weight excluding hydrogens is 152 g/mol. The smallest absolute Gasteiger partial charge is 0.0921 e. The maximum Gasteiger partial charge on any atom is 0.0921 e. The molecule has 0 aromatic carbocycles. The predicted octanol–water partition coefficient (Wildman–Crippen LogP) is 1.50. The van der Waals surface area contributed by atoms with E-state index in [1.807, 2.05) is 6.20 Å². The number of hydrogen-bond donors (Lipinski definition) is 2. The van der Waals surface area contributed by atoms with Crippen LogP contribution in [0.5, 0.6) is 0 Å². The predicted molar refractivity (Wildman–Crippen MR) is 47.8 cm³/mol. The van der Waals surface area contributed by atoms with Crippen molar-refractivity contribution in [1.29, 1.82) is 0 Å². The van der Waals surface area contributed by atoms with E-state index in [0.29, 0.717) is 6.61 Å². The molecule has 68 valence electrons. The van der Waals surface area contributed by atoms with Gasteiger partial charge >= 0.3 is 0 Å². The number of aromatic amines is 1. The average molecular weight is 168 g/mol. The second-order valence-electron chi connectivity index (χ2n) is 2.96. The number of hydrogen-bond acceptors (Lipinski definition) is 2. The first-order valence-electron chi connectivity index (χ1n) is 4.51. The molecule has 0 fully saturated rings. The lowest BCUT2D eigenvalue weighted by Crippen LogP contribution is -1.87. The maximum absolute atomic E-state index is 8.53. The highest BCUT2D eigenvalue weighted by Gasteiger charge is 1.93. The van der Waals surface area contributed by atoms with Gasteiger partial charge in [-0.1, -0.05) is 12.8 Å². The Labute approximate surface area is 72.8 Å². The zero-order chi connectivity index (χ0) is 8.65. The van der Waals surface area contributed by atoms with Gasteiger partial charge in [0.25, 0.3) is 0 Å². The summed E-state index contributed by atoms with van der Waals surface area (Å²) in [5.41, 5.74) is 1.21. The third-order valence-corrected chi connectivity index (χ3v) is 1.91. The van der Waals surface area contributed by atoms with E-state index in [-0.39, 0.29) is 0 Å². The molecule has 2 N–H and O–H groups in total. The van der Waals surface area contributed by atoms with Gasteiger partial charge in [-0.05, 0) is 19.3 Å². The van der Waals surface area contributed by atoms with Crippen LogP contribution in [0.3, 0.4) is 0 Å². The summed E-state index contributed by atoms with van der Waals surface area (Å²) >= 11 is 0. The Morgan fingerprint density at radius 3 is 2.75 bits per heavy atom. The highest BCUT2D eigenvalue weighted by Crippen LogP contribution is 2.04. The van der Waals surface area contributed by atoms with Crippen LogP contribution < -0.4 is 0 Å². The summed E-state index contributed by atoms with van der Waals surface area (Å²) in [6, 6.07) is 0. The number of nitrogens with one attached hydrogen (secondary N) is 1. The van der Waals surface area contributed by atoms with Gasteiger partial charge in [-0.3, -0.25) is 0 Å². The lowest BCUT2D eigenvalue weighted by Gasteiger charge is -1.97. The first kappa shape index (κ1) is 9.26. The molecule has 0 radical (unpaired) electrons. The molecule has 3 nitrogen and oxygen atoms in total. The zero-order valence-electron chi connectivity index (χ0n) is 7.29. The van der Waals surface area contributed by atoms with E-state index in [2.05, 4.69) is 9.97 Å². The Kier molecular flexibility index (Phi) is 4.46. The normalized spacial score (nSPS) is 10.4. The summed E-state index contributed by atoms with van der Waals surface area (Å²) in [4.78, 5) is 7.01. The van der Waals surface area contributed by atoms with E-state index in [1.165, 1.54) is 18.5 Å². The van der Waals surface area contributed by atoms with Crippen molar-refractivity contribution >= 4 is 0 Å². The van der Waals surface area contributed by atoms with Gasteiger partial charge in [0.05, 0.1) is 6.33 Å². The molecule has 0 amide bonds. The molecule has 0 saturated heterocycles. The van der Waals surface area contributed by atoms with Crippen LogP contribution in [0.2, 0.25) is 0 Å². The number of H-pyrrole nitrogens is 1. The molecule has 0 spiro atoms. The summed E-state index contributed by atoms with van der Waals surface area (Å²) in [6.45, 7) is 0.323. The second kappa shape index (κ2) is 5.77. The van der Waals surface area contributed by atoms with Crippen molar-refractivity contribution in [1.82, 2.24) is 9.97 Å². The number of nitrogens with zero attached hydrogens (tertiary/aromatic N) is 1. The quantitative estimate of drug-likeness (QED) is 0.632. The van der Waals surface area contributed by atoms with E-state index >= 15 is 0 Å². The maximum atomic E-state index is 8.53. The minimum absolute atomic E-state index is 0.323. The number of rotatable bonds is 6. The number of aryl methyl sites for hydroxylation is 1. The van der Waals surface area contributed by atoms with Crippen LogP contribution in [0.25, 0.3) is 0 Å². The molecule has 0 saturated carbocycles. The molecule has 1 aromatic heterocycles. The number of unbranched alkanes of at least 4 members (excludes halogenated alkanes) is 3. The van der Waals surface area contributed by atoms with E-state index in [0.717, 1.165) is 19.3 Å². The fraction of sp³-hybridized carbons (Fsp3) is 0.667. The largest absolute Gasteiger partial charge is 0.396 e. The van der Waals surface area contributed by atoms with Crippen molar-refractivity contribution < 1.29 is 5.11 Å². The molecule has 0 unspecified atom stereocenters. The number of aromatic nitrogens is 2. The standard InChI is InChI=1S/C9H16N2O/c12-6-4-2-1-3-5-9-7-10-8-11-9/h7-8,12H,1-6H2,(H,10,11). The first-order valence-corrected chi connectivity index (χ1v) is 4.51. The van der Waals surface area contributed by atoms with Gasteiger partial charge in [0.15, 0.2) is 0 Å². The Morgan fingerprint density at radius 2 is 2.08 bits per heavy atom. The number of aliphatic hydroxyl groups is 1. The molecule has 1 aromatic rings. The monoisotopic (exact) mass is 168 g/mol. The van der Waals surface area contributed by atoms with Crippen molar-refractivity contribution in [2.24, 2.45) is 0 Å². The van der Waals surface area contributed by atoms with Crippen LogP contribution in [0, 0.1) is 0 Å². The van der Waals surface area contributed by atoms with Gasteiger partial charge < -0.3 is 10.1 Å². The minimum atomic E-state index is 0.323. The van der Waals surface area contributed by atoms with E-state index in [1.54, 1.807) is 6.33 Å². The van der Waals surface area contributed by atoms with Crippen molar-refractivity contribution in [2.75, 3.05) is 6.61 Å². The average Bonchev–Trinajstić information content (AvgIpc) is 2.57. The third kappa shape index (κ3) is 3.53. The van der Waals surface area contributed by atoms with Gasteiger partial charge in [0.2, 0.25) is 0 Å². The van der Waals surface area contributed by atoms with Gasteiger partial charge in [-0.15, -0.1) is 0 Å². The Bertz CT molecular complexity index is 184. The first-order chi connectivity index (χ1) is 5.93. The van der Waals surface area contributed by atoms with Crippen LogP contribution in [0.4, 0.5) is 0 Å². The topological polar surface area (TPSA) is 48.9 Å². The number of imidazole rings is 1. The Morgan fingerprint density at radius 1 is 1.25 bits per heavy atom. The summed E-state index contributed by atoms with van der Waals surface area (Å²) in [5, 5.41) is 8.53. The summed E-state index contributed by atoms with van der Waals surface area (Å²) in [5.74, 6) is 0. The van der Waals surface area contributed by atoms with Crippen LogP contribution >= 0.6 is 0 Å². The minimum Gasteiger partial charge on any atom is -0.396 e. The third-order valence-electron chi connectivity index (χ3n) is 1.91. The van der Waals surface area contributed by atoms with Gasteiger partial charge in [-0.25, -0.2) is 4.98 Å². The van der Waals surface area contributed by atoms with Gasteiger partial charge in [-0.2, -0.15) is 0 Å². The zero-order valence-corrected chi connectivity index (χ0v) is 7.29. The molecule has 0 aliphatic carbocycles. The van der Waals surface area contributed by atoms with Crippen molar-refractivity contribution in [3.63, 3.8) is 0 Å². The lowest BCUT2D eigenvalue weighted by atomic mass is 10.1. The van der Waals surface area contributed by atoms with Gasteiger partial charge in [0.1, 0.15) is 0 Å². The SMILES string of the molecule is OCCCCCCc1cnc[nH]1. The van der Waals surface area contributed by atoms with Crippen LogP contribution in [0.15, 0.2) is 12.5 Å². The van der Waals surface area contributed by atoms with Crippen molar-refractivity contribution in [2.45, 2.75) is 32.1 Å². The van der Waals surface area contributed by atoms with Crippen molar-refractivity contribution in [3.8, 4) is 0 Å². The van der Waals surface area contributed by atoms with E-state index in [4.69, 9.17) is 5.11 Å². The Hall–Kier alpha value is -0.830. The van der Waals surface area contributed by atoms with E-state index in [9.17, 15) is 0 Å². The molecule has 1 rings (SSSR count). The fourth-order valence-electron chi connectivity index (χ4n) is 1.20. The Balaban J connectivity index is 1.96. The molecule has 3 heteroatoms. The molecule has 0 bridgehead atoms. The van der Waals surface area contributed by atoms with E-state index < -0.39 is 0 Å². The number of aliphatic hydroxyl groups excluding tert-OH is 1. The summed E-state index contributed by atoms with van der Waals surface area (Å²) in [7, 11) is 0. The van der Waals surface area contributed by atoms with Crippen LogP contribution in [-0.2, 0) is 6.42 Å². The van der Waals surface area contributed by atoms with Crippen LogP contribution in [-0.4, -0.2) is 21.7 Å². The summed E-state index contributed by atoms with van der Waals surface area (Å²) in [6.07, 6.45) is 9.09. The lowest BCUT2D eigenvalue weighted by molar-refractivity contribution is 0.282. The molecule has 0 aliphatic heterocycles. The highest BCUT2D eigenvalue weighted by atomic mass is 16.2. The molecule has 12 heavy (non-hydrogen) atoms. The molecule has 1 heterocycles. The van der Waals surface area contributed by atoms with Crippen LogP contribution in [0.1, 0.15) is 31.4 Å². The van der Waals surface area contributed by atoms with Crippen molar-refractivity contribution in [3.05, 3.63) is 18.2 Å². The molecular formula is C9H16N2O. The summed E-state index contributed by atoms with van der Waals surface area (Å²) < 4.78 is 0. The molecule has 0 aliphatic rings. The van der Waals surface area contributed by atoms with Gasteiger partial charge in [0, 0.05) is 18.5 Å². The molecule has 0 atom stereocenters.